The Morgan fingerprint density at radius 1 is 1.48 bits per heavy atom. The average Bonchev–Trinajstić information content (AvgIpc) is 2.77. The number of nitrogens with zero attached hydrogens (tertiary/aromatic N) is 3. The molecule has 2 rings (SSSR count). The zero-order valence-corrected chi connectivity index (χ0v) is 11.6. The third-order valence-corrected chi connectivity index (χ3v) is 2.71. The molecule has 1 fully saturated rings. The molecule has 21 heavy (non-hydrogen) atoms. The number of aromatic nitrogens is 2. The highest BCUT2D eigenvalue weighted by molar-refractivity contribution is 6.29. The van der Waals surface area contributed by atoms with Crippen LogP contribution in [0.4, 0.5) is 4.79 Å². The van der Waals surface area contributed by atoms with Crippen molar-refractivity contribution in [2.75, 3.05) is 26.2 Å². The monoisotopic (exact) mass is 313 g/mol. The number of hydrogen-bond donors (Lipinski definition) is 2. The highest BCUT2D eigenvalue weighted by Gasteiger charge is 2.27. The minimum atomic E-state index is -0.459. The highest BCUT2D eigenvalue weighted by atomic mass is 35.5. The third-order valence-electron chi connectivity index (χ3n) is 2.53. The van der Waals surface area contributed by atoms with E-state index in [4.69, 9.17) is 16.3 Å². The number of carbonyl (C=O) groups is 3. The summed E-state index contributed by atoms with van der Waals surface area (Å²) in [5.74, 6) is -0.602. The van der Waals surface area contributed by atoms with Crippen LogP contribution in [0.25, 0.3) is 0 Å². The lowest BCUT2D eigenvalue weighted by Crippen LogP contribution is -2.40. The molecular weight excluding hydrogens is 302 g/mol. The summed E-state index contributed by atoms with van der Waals surface area (Å²) in [5, 5.41) is 5.06. The first-order chi connectivity index (χ1) is 10.1. The summed E-state index contributed by atoms with van der Waals surface area (Å²) in [6, 6.07) is -0.459. The van der Waals surface area contributed by atoms with E-state index in [1.165, 1.54) is 12.4 Å². The quantitative estimate of drug-likeness (QED) is 0.663. The minimum absolute atomic E-state index is 0.0106. The van der Waals surface area contributed by atoms with Gasteiger partial charge >= 0.3 is 6.03 Å². The summed E-state index contributed by atoms with van der Waals surface area (Å²) in [6.07, 6.45) is 2.67. The second-order valence-electron chi connectivity index (χ2n) is 4.02. The number of rotatable bonds is 6. The summed E-state index contributed by atoms with van der Waals surface area (Å²) < 4.78 is 5.08. The summed E-state index contributed by atoms with van der Waals surface area (Å²) in [5.41, 5.74) is 0. The van der Waals surface area contributed by atoms with Crippen LogP contribution in [0.1, 0.15) is 0 Å². The van der Waals surface area contributed by atoms with Gasteiger partial charge < -0.3 is 15.4 Å². The Bertz CT molecular complexity index is 551. The predicted molar refractivity (Wildman–Crippen MR) is 70.7 cm³/mol. The molecule has 0 unspecified atom stereocenters. The van der Waals surface area contributed by atoms with Crippen LogP contribution in [-0.2, 0) is 9.59 Å². The van der Waals surface area contributed by atoms with Crippen LogP contribution in [0.15, 0.2) is 12.4 Å². The molecule has 4 amide bonds. The molecule has 0 spiro atoms. The number of carbonyl (C=O) groups excluding carboxylic acids is 3. The van der Waals surface area contributed by atoms with Crippen LogP contribution in [0.2, 0.25) is 5.15 Å². The number of ether oxygens (including phenoxy) is 1. The number of amides is 4. The standard InChI is InChI=1S/C11H12ClN5O4/c12-7-3-13-4-9(16-7)21-6-8(18)14-1-2-17-10(19)5-15-11(17)20/h3-4H,1-2,5-6H2,(H,14,18)(H,15,20). The summed E-state index contributed by atoms with van der Waals surface area (Å²) in [7, 11) is 0. The Labute approximate surface area is 124 Å². The van der Waals surface area contributed by atoms with Gasteiger partial charge in [0.15, 0.2) is 11.8 Å². The molecule has 2 heterocycles. The minimum Gasteiger partial charge on any atom is -0.466 e. The second-order valence-corrected chi connectivity index (χ2v) is 4.41. The van der Waals surface area contributed by atoms with Gasteiger partial charge in [0.1, 0.15) is 0 Å². The van der Waals surface area contributed by atoms with E-state index in [1.807, 2.05) is 0 Å². The van der Waals surface area contributed by atoms with E-state index in [0.29, 0.717) is 0 Å². The molecule has 9 nitrogen and oxygen atoms in total. The molecule has 112 valence electrons. The molecule has 0 bridgehead atoms. The second kappa shape index (κ2) is 6.84. The van der Waals surface area contributed by atoms with E-state index in [2.05, 4.69) is 20.6 Å². The molecule has 10 heteroatoms. The number of halogens is 1. The van der Waals surface area contributed by atoms with Crippen molar-refractivity contribution in [3.05, 3.63) is 17.5 Å². The highest BCUT2D eigenvalue weighted by Crippen LogP contribution is 2.08. The van der Waals surface area contributed by atoms with Crippen LogP contribution >= 0.6 is 11.6 Å². The van der Waals surface area contributed by atoms with Gasteiger partial charge in [-0.1, -0.05) is 11.6 Å². The molecular formula is C11H12ClN5O4. The Hall–Kier alpha value is -2.42. The SMILES string of the molecule is O=C(COc1cncc(Cl)n1)NCCN1C(=O)CNC1=O. The first kappa shape index (κ1) is 15.0. The number of urea groups is 1. The lowest BCUT2D eigenvalue weighted by Gasteiger charge is -2.12. The van der Waals surface area contributed by atoms with Crippen LogP contribution in [0, 0.1) is 0 Å². The molecule has 0 aliphatic carbocycles. The Kier molecular flexibility index (Phi) is 4.88. The maximum absolute atomic E-state index is 11.5. The van der Waals surface area contributed by atoms with Gasteiger partial charge in [-0.05, 0) is 0 Å². The molecule has 1 aliphatic heterocycles. The zero-order valence-electron chi connectivity index (χ0n) is 10.8. The van der Waals surface area contributed by atoms with E-state index in [9.17, 15) is 14.4 Å². The first-order valence-corrected chi connectivity index (χ1v) is 6.39. The van der Waals surface area contributed by atoms with E-state index in [-0.39, 0.29) is 43.2 Å². The Morgan fingerprint density at radius 2 is 2.29 bits per heavy atom. The lowest BCUT2D eigenvalue weighted by molar-refractivity contribution is -0.126. The van der Waals surface area contributed by atoms with Gasteiger partial charge in [-0.3, -0.25) is 19.5 Å². The molecule has 0 atom stereocenters. The molecule has 1 aliphatic rings. The van der Waals surface area contributed by atoms with Gasteiger partial charge in [-0.2, -0.15) is 4.98 Å². The maximum Gasteiger partial charge on any atom is 0.324 e. The van der Waals surface area contributed by atoms with Crippen molar-refractivity contribution in [1.29, 1.82) is 0 Å². The topological polar surface area (TPSA) is 114 Å². The molecule has 0 aromatic carbocycles. The van der Waals surface area contributed by atoms with Crippen LogP contribution in [0.5, 0.6) is 5.88 Å². The fraction of sp³-hybridized carbons (Fsp3) is 0.364. The first-order valence-electron chi connectivity index (χ1n) is 6.01. The van der Waals surface area contributed by atoms with E-state index in [0.717, 1.165) is 4.90 Å². The lowest BCUT2D eigenvalue weighted by atomic mass is 10.5. The number of imide groups is 1. The van der Waals surface area contributed by atoms with E-state index < -0.39 is 11.9 Å². The van der Waals surface area contributed by atoms with Gasteiger partial charge in [0.05, 0.1) is 18.9 Å². The van der Waals surface area contributed by atoms with Crippen LogP contribution < -0.4 is 15.4 Å². The predicted octanol–water partition coefficient (Wildman–Crippen LogP) is -0.823. The fourth-order valence-electron chi connectivity index (χ4n) is 1.57. The Morgan fingerprint density at radius 3 is 2.95 bits per heavy atom. The Balaban J connectivity index is 1.68. The molecule has 0 saturated carbocycles. The van der Waals surface area contributed by atoms with E-state index >= 15 is 0 Å². The van der Waals surface area contributed by atoms with Crippen molar-refractivity contribution < 1.29 is 19.1 Å². The van der Waals surface area contributed by atoms with Crippen molar-refractivity contribution in [2.24, 2.45) is 0 Å². The number of nitrogens with one attached hydrogen (secondary N) is 2. The molecule has 0 radical (unpaired) electrons. The van der Waals surface area contributed by atoms with Crippen molar-refractivity contribution in [3.8, 4) is 5.88 Å². The van der Waals surface area contributed by atoms with Gasteiger partial charge in [0.25, 0.3) is 5.91 Å². The van der Waals surface area contributed by atoms with E-state index in [1.54, 1.807) is 0 Å². The largest absolute Gasteiger partial charge is 0.466 e. The molecule has 1 saturated heterocycles. The average molecular weight is 314 g/mol. The normalized spacial score (nSPS) is 14.0. The fourth-order valence-corrected chi connectivity index (χ4v) is 1.71. The van der Waals surface area contributed by atoms with Crippen molar-refractivity contribution in [2.45, 2.75) is 0 Å². The molecule has 1 aromatic rings. The van der Waals surface area contributed by atoms with Crippen molar-refractivity contribution in [3.63, 3.8) is 0 Å². The van der Waals surface area contributed by atoms with Crippen LogP contribution in [-0.4, -0.2) is 59.0 Å². The third kappa shape index (κ3) is 4.28. The van der Waals surface area contributed by atoms with Crippen molar-refractivity contribution >= 4 is 29.4 Å². The smallest absolute Gasteiger partial charge is 0.324 e. The number of hydrogen-bond acceptors (Lipinski definition) is 6. The van der Waals surface area contributed by atoms with Crippen LogP contribution in [0.3, 0.4) is 0 Å². The molecule has 1 aromatic heterocycles. The summed E-state index contributed by atoms with van der Waals surface area (Å²) in [6.45, 7) is -0.0333. The van der Waals surface area contributed by atoms with Gasteiger partial charge in [0.2, 0.25) is 11.8 Å². The summed E-state index contributed by atoms with van der Waals surface area (Å²) >= 11 is 5.61. The van der Waals surface area contributed by atoms with Gasteiger partial charge in [-0.25, -0.2) is 4.79 Å². The van der Waals surface area contributed by atoms with Gasteiger partial charge in [-0.15, -0.1) is 0 Å². The molecule has 2 N–H and O–H groups in total. The zero-order chi connectivity index (χ0) is 15.2. The van der Waals surface area contributed by atoms with Gasteiger partial charge in [0, 0.05) is 13.1 Å². The summed E-state index contributed by atoms with van der Waals surface area (Å²) in [4.78, 5) is 42.6. The van der Waals surface area contributed by atoms with Crippen molar-refractivity contribution in [1.82, 2.24) is 25.5 Å². The maximum atomic E-state index is 11.5.